The maximum absolute atomic E-state index is 11.0. The van der Waals surface area contributed by atoms with Crippen LogP contribution in [0.1, 0.15) is 18.6 Å². The number of rotatable bonds is 6. The smallest absolute Gasteiger partial charge is 0.292 e. The molecular weight excluding hydrogens is 236 g/mol. The molecule has 0 heterocycles. The molecule has 18 heavy (non-hydrogen) atoms. The van der Waals surface area contributed by atoms with Gasteiger partial charge in [0.2, 0.25) is 0 Å². The van der Waals surface area contributed by atoms with Gasteiger partial charge in [-0.1, -0.05) is 6.07 Å². The number of aliphatic hydroxyl groups excluding tert-OH is 1. The molecule has 0 fully saturated rings. The monoisotopic (exact) mass is 254 g/mol. The fourth-order valence-electron chi connectivity index (χ4n) is 1.62. The summed E-state index contributed by atoms with van der Waals surface area (Å²) < 4.78 is 4.94. The second kappa shape index (κ2) is 6.32. The predicted octanol–water partition coefficient (Wildman–Crippen LogP) is 1.73. The summed E-state index contributed by atoms with van der Waals surface area (Å²) in [6.07, 6.45) is -0.720. The normalized spacial score (nSPS) is 12.2. The minimum Gasteiger partial charge on any atom is -0.389 e. The van der Waals surface area contributed by atoms with Crippen molar-refractivity contribution in [2.24, 2.45) is 0 Å². The summed E-state index contributed by atoms with van der Waals surface area (Å²) in [6, 6.07) is 4.75. The molecule has 0 aliphatic rings. The molecule has 0 aliphatic carbocycles. The third kappa shape index (κ3) is 3.41. The number of ether oxygens (including phenoxy) is 1. The third-order valence-corrected chi connectivity index (χ3v) is 2.72. The lowest BCUT2D eigenvalue weighted by Crippen LogP contribution is -2.23. The van der Waals surface area contributed by atoms with Gasteiger partial charge in [0.1, 0.15) is 5.69 Å². The van der Waals surface area contributed by atoms with Gasteiger partial charge in [-0.05, 0) is 18.6 Å². The van der Waals surface area contributed by atoms with Crippen molar-refractivity contribution in [3.8, 4) is 0 Å². The van der Waals surface area contributed by atoms with Crippen LogP contribution in [-0.2, 0) is 4.74 Å². The molecule has 0 radical (unpaired) electrons. The van der Waals surface area contributed by atoms with E-state index in [0.29, 0.717) is 24.4 Å². The van der Waals surface area contributed by atoms with Crippen molar-refractivity contribution in [1.82, 2.24) is 0 Å². The van der Waals surface area contributed by atoms with Crippen molar-refractivity contribution in [3.63, 3.8) is 0 Å². The Kier molecular flexibility index (Phi) is 5.06. The number of hydrogen-bond donors (Lipinski definition) is 1. The zero-order chi connectivity index (χ0) is 13.7. The van der Waals surface area contributed by atoms with Gasteiger partial charge in [-0.15, -0.1) is 0 Å². The lowest BCUT2D eigenvalue weighted by atomic mass is 10.1. The Balaban J connectivity index is 3.07. The summed E-state index contributed by atoms with van der Waals surface area (Å²) in [5.41, 5.74) is 1.04. The molecule has 1 N–H and O–H groups in total. The van der Waals surface area contributed by atoms with Crippen LogP contribution in [0, 0.1) is 10.1 Å². The first kappa shape index (κ1) is 14.4. The van der Waals surface area contributed by atoms with E-state index < -0.39 is 11.0 Å². The Bertz CT molecular complexity index is 421. The molecule has 1 atom stereocenters. The molecule has 0 bridgehead atoms. The highest BCUT2D eigenvalue weighted by molar-refractivity contribution is 5.64. The minimum absolute atomic E-state index is 0.00740. The summed E-state index contributed by atoms with van der Waals surface area (Å²) in [5.74, 6) is 0. The Morgan fingerprint density at radius 2 is 2.22 bits per heavy atom. The molecule has 1 aromatic rings. The highest BCUT2D eigenvalue weighted by Crippen LogP contribution is 2.30. The summed E-state index contributed by atoms with van der Waals surface area (Å²) >= 11 is 0. The zero-order valence-corrected chi connectivity index (χ0v) is 10.8. The minimum atomic E-state index is -0.720. The molecule has 1 rings (SSSR count). The summed E-state index contributed by atoms with van der Waals surface area (Å²) in [5, 5.41) is 20.5. The molecule has 0 aromatic heterocycles. The molecule has 1 unspecified atom stereocenters. The van der Waals surface area contributed by atoms with E-state index in [4.69, 9.17) is 4.74 Å². The highest BCUT2D eigenvalue weighted by atomic mass is 16.6. The predicted molar refractivity (Wildman–Crippen MR) is 68.9 cm³/mol. The van der Waals surface area contributed by atoms with Gasteiger partial charge in [-0.25, -0.2) is 0 Å². The fourth-order valence-corrected chi connectivity index (χ4v) is 1.62. The second-order valence-corrected chi connectivity index (χ2v) is 4.10. The SMILES string of the molecule is COCCN(C)c1ccc(C(C)O)cc1[N+](=O)[O-]. The maximum atomic E-state index is 11.0. The van der Waals surface area contributed by atoms with Crippen LogP contribution in [0.5, 0.6) is 0 Å². The first-order chi connectivity index (χ1) is 8.47. The third-order valence-electron chi connectivity index (χ3n) is 2.72. The van der Waals surface area contributed by atoms with E-state index in [9.17, 15) is 15.2 Å². The van der Waals surface area contributed by atoms with Crippen molar-refractivity contribution in [2.45, 2.75) is 13.0 Å². The van der Waals surface area contributed by atoms with E-state index >= 15 is 0 Å². The quantitative estimate of drug-likeness (QED) is 0.618. The van der Waals surface area contributed by atoms with Crippen LogP contribution in [0.2, 0.25) is 0 Å². The van der Waals surface area contributed by atoms with E-state index in [1.165, 1.54) is 6.07 Å². The van der Waals surface area contributed by atoms with Crippen LogP contribution in [0.4, 0.5) is 11.4 Å². The molecule has 0 amide bonds. The van der Waals surface area contributed by atoms with Crippen molar-refractivity contribution in [3.05, 3.63) is 33.9 Å². The van der Waals surface area contributed by atoms with E-state index in [1.807, 2.05) is 0 Å². The van der Waals surface area contributed by atoms with E-state index in [2.05, 4.69) is 0 Å². The number of anilines is 1. The van der Waals surface area contributed by atoms with E-state index in [1.54, 1.807) is 38.1 Å². The first-order valence-corrected chi connectivity index (χ1v) is 5.63. The van der Waals surface area contributed by atoms with Crippen LogP contribution >= 0.6 is 0 Å². The highest BCUT2D eigenvalue weighted by Gasteiger charge is 2.18. The molecular formula is C12H18N2O4. The van der Waals surface area contributed by atoms with Crippen LogP contribution in [0.25, 0.3) is 0 Å². The molecule has 100 valence electrons. The Morgan fingerprint density at radius 1 is 1.56 bits per heavy atom. The average molecular weight is 254 g/mol. The van der Waals surface area contributed by atoms with Crippen LogP contribution in [-0.4, -0.2) is 37.3 Å². The van der Waals surface area contributed by atoms with Gasteiger partial charge in [-0.3, -0.25) is 10.1 Å². The Hall–Kier alpha value is -1.66. The standard InChI is InChI=1S/C12H18N2O4/c1-9(15)10-4-5-11(12(8-10)14(16)17)13(2)6-7-18-3/h4-5,8-9,15H,6-7H2,1-3H3. The lowest BCUT2D eigenvalue weighted by molar-refractivity contribution is -0.384. The van der Waals surface area contributed by atoms with Crippen molar-refractivity contribution >= 4 is 11.4 Å². The number of aliphatic hydroxyl groups is 1. The van der Waals surface area contributed by atoms with Crippen LogP contribution in [0.3, 0.4) is 0 Å². The summed E-state index contributed by atoms with van der Waals surface area (Å²) in [4.78, 5) is 12.4. The number of likely N-dealkylation sites (N-methyl/N-ethyl adjacent to an activating group) is 1. The van der Waals surface area contributed by atoms with Crippen molar-refractivity contribution < 1.29 is 14.8 Å². The molecule has 6 heteroatoms. The van der Waals surface area contributed by atoms with E-state index in [0.717, 1.165) is 0 Å². The molecule has 1 aromatic carbocycles. The Morgan fingerprint density at radius 3 is 2.72 bits per heavy atom. The first-order valence-electron chi connectivity index (χ1n) is 5.63. The van der Waals surface area contributed by atoms with Crippen LogP contribution in [0.15, 0.2) is 18.2 Å². The zero-order valence-electron chi connectivity index (χ0n) is 10.8. The number of nitro groups is 1. The van der Waals surface area contributed by atoms with Gasteiger partial charge in [0.15, 0.2) is 0 Å². The largest absolute Gasteiger partial charge is 0.389 e. The number of hydrogen-bond acceptors (Lipinski definition) is 5. The number of methoxy groups -OCH3 is 1. The maximum Gasteiger partial charge on any atom is 0.292 e. The lowest BCUT2D eigenvalue weighted by Gasteiger charge is -2.19. The summed E-state index contributed by atoms with van der Waals surface area (Å²) in [7, 11) is 3.35. The van der Waals surface area contributed by atoms with Gasteiger partial charge in [0.05, 0.1) is 17.6 Å². The van der Waals surface area contributed by atoms with Gasteiger partial charge in [0, 0.05) is 26.8 Å². The topological polar surface area (TPSA) is 75.8 Å². The molecule has 6 nitrogen and oxygen atoms in total. The molecule has 0 spiro atoms. The number of nitro benzene ring substituents is 1. The van der Waals surface area contributed by atoms with Gasteiger partial charge >= 0.3 is 0 Å². The van der Waals surface area contributed by atoms with Gasteiger partial charge in [-0.2, -0.15) is 0 Å². The summed E-state index contributed by atoms with van der Waals surface area (Å²) in [6.45, 7) is 2.63. The molecule has 0 saturated carbocycles. The van der Waals surface area contributed by atoms with Crippen molar-refractivity contribution in [2.75, 3.05) is 32.2 Å². The number of benzene rings is 1. The second-order valence-electron chi connectivity index (χ2n) is 4.10. The number of nitrogens with zero attached hydrogens (tertiary/aromatic N) is 2. The molecule has 0 saturated heterocycles. The van der Waals surface area contributed by atoms with Crippen LogP contribution < -0.4 is 4.90 Å². The van der Waals surface area contributed by atoms with Crippen molar-refractivity contribution in [1.29, 1.82) is 0 Å². The van der Waals surface area contributed by atoms with Gasteiger partial charge < -0.3 is 14.7 Å². The average Bonchev–Trinajstić information content (AvgIpc) is 2.34. The van der Waals surface area contributed by atoms with E-state index in [-0.39, 0.29) is 5.69 Å². The fraction of sp³-hybridized carbons (Fsp3) is 0.500. The Labute approximate surface area is 106 Å². The molecule has 0 aliphatic heterocycles. The van der Waals surface area contributed by atoms with Gasteiger partial charge in [0.25, 0.3) is 5.69 Å².